The van der Waals surface area contributed by atoms with Crippen LogP contribution in [0, 0.1) is 0 Å². The molecular formula is C45H27N5O. The summed E-state index contributed by atoms with van der Waals surface area (Å²) in [5.41, 5.74) is 8.80. The van der Waals surface area contributed by atoms with Gasteiger partial charge < -0.3 is 8.98 Å². The number of fused-ring (bicyclic) bond motifs is 9. The third kappa shape index (κ3) is 4.20. The minimum Gasteiger partial charge on any atom is -0.456 e. The van der Waals surface area contributed by atoms with Crippen molar-refractivity contribution >= 4 is 65.6 Å². The summed E-state index contributed by atoms with van der Waals surface area (Å²) in [5, 5.41) is 6.88. The zero-order chi connectivity index (χ0) is 33.5. The van der Waals surface area contributed by atoms with Gasteiger partial charge in [-0.1, -0.05) is 109 Å². The van der Waals surface area contributed by atoms with Crippen LogP contribution < -0.4 is 0 Å². The highest BCUT2D eigenvalue weighted by Gasteiger charge is 2.19. The van der Waals surface area contributed by atoms with Crippen molar-refractivity contribution in [2.24, 2.45) is 0 Å². The molecular weight excluding hydrogens is 627 g/mol. The van der Waals surface area contributed by atoms with Crippen LogP contribution in [0.15, 0.2) is 168 Å². The molecule has 4 aromatic heterocycles. The summed E-state index contributed by atoms with van der Waals surface area (Å²) < 4.78 is 10.8. The quantitative estimate of drug-likeness (QED) is 0.190. The van der Waals surface area contributed by atoms with Crippen LogP contribution >= 0.6 is 0 Å². The number of para-hydroxylation sites is 5. The van der Waals surface area contributed by atoms with Gasteiger partial charge in [0.2, 0.25) is 5.95 Å². The molecule has 0 N–H and O–H groups in total. The lowest BCUT2D eigenvalue weighted by atomic mass is 10.1. The van der Waals surface area contributed by atoms with Crippen LogP contribution in [0.2, 0.25) is 0 Å². The van der Waals surface area contributed by atoms with E-state index in [2.05, 4.69) is 149 Å². The molecule has 11 aromatic rings. The molecule has 0 fully saturated rings. The topological polar surface area (TPSA) is 61.7 Å². The Hall–Kier alpha value is -7.05. The number of rotatable bonds is 4. The Labute approximate surface area is 291 Å². The van der Waals surface area contributed by atoms with Crippen LogP contribution in [-0.4, -0.2) is 24.1 Å². The van der Waals surface area contributed by atoms with Crippen LogP contribution in [0.5, 0.6) is 0 Å². The molecule has 51 heavy (non-hydrogen) atoms. The van der Waals surface area contributed by atoms with Gasteiger partial charge in [0, 0.05) is 49.1 Å². The number of hydrogen-bond donors (Lipinski definition) is 0. The molecule has 0 saturated carbocycles. The zero-order valence-corrected chi connectivity index (χ0v) is 27.2. The van der Waals surface area contributed by atoms with Crippen molar-refractivity contribution in [3.8, 4) is 34.4 Å². The third-order valence-corrected chi connectivity index (χ3v) is 9.98. The summed E-state index contributed by atoms with van der Waals surface area (Å²) in [6.07, 6.45) is 0. The predicted octanol–water partition coefficient (Wildman–Crippen LogP) is 11.3. The average Bonchev–Trinajstić information content (AvgIpc) is 3.85. The van der Waals surface area contributed by atoms with Crippen LogP contribution in [0.4, 0.5) is 0 Å². The Kier molecular flexibility index (Phi) is 5.86. The molecule has 6 nitrogen and oxygen atoms in total. The van der Waals surface area contributed by atoms with Crippen molar-refractivity contribution in [1.82, 2.24) is 24.1 Å². The Balaban J connectivity index is 1.16. The maximum Gasteiger partial charge on any atom is 0.238 e. The number of furan rings is 1. The van der Waals surface area contributed by atoms with Crippen molar-refractivity contribution in [3.63, 3.8) is 0 Å². The molecule has 11 rings (SSSR count). The lowest BCUT2D eigenvalue weighted by molar-refractivity contribution is 0.669. The third-order valence-electron chi connectivity index (χ3n) is 9.98. The molecule has 0 radical (unpaired) electrons. The molecule has 0 spiro atoms. The standard InChI is InChI=1S/C45H27N5O/c1-6-19-37-31(14-1)32-15-2-7-20-38(32)49(37)30-13-11-12-28(26-30)43-46-44(29-24-25-36-35-18-5-10-23-41(35)51-42(36)27-29)48-45(47-43)50-39-21-8-3-16-33(39)34-17-4-9-22-40(34)50/h1-27H. The van der Waals surface area contributed by atoms with Crippen LogP contribution in [0.1, 0.15) is 0 Å². The average molecular weight is 654 g/mol. The predicted molar refractivity (Wildman–Crippen MR) is 207 cm³/mol. The summed E-state index contributed by atoms with van der Waals surface area (Å²) in [5.74, 6) is 1.71. The number of aromatic nitrogens is 5. The molecule has 6 heteroatoms. The van der Waals surface area contributed by atoms with Crippen LogP contribution in [0.25, 0.3) is 100.0 Å². The van der Waals surface area contributed by atoms with E-state index in [1.807, 2.05) is 24.3 Å². The van der Waals surface area contributed by atoms with E-state index in [0.717, 1.165) is 71.6 Å². The van der Waals surface area contributed by atoms with Crippen molar-refractivity contribution in [1.29, 1.82) is 0 Å². The highest BCUT2D eigenvalue weighted by Crippen LogP contribution is 2.36. The maximum atomic E-state index is 6.30. The largest absolute Gasteiger partial charge is 0.456 e. The second-order valence-electron chi connectivity index (χ2n) is 12.9. The van der Waals surface area contributed by atoms with E-state index in [-0.39, 0.29) is 0 Å². The van der Waals surface area contributed by atoms with E-state index in [1.54, 1.807) is 0 Å². The number of hydrogen-bond acceptors (Lipinski definition) is 4. The second kappa shape index (κ2) is 10.7. The van der Waals surface area contributed by atoms with Gasteiger partial charge in [0.05, 0.1) is 22.1 Å². The van der Waals surface area contributed by atoms with Gasteiger partial charge in [0.1, 0.15) is 11.2 Å². The molecule has 0 aliphatic rings. The zero-order valence-electron chi connectivity index (χ0n) is 27.2. The fraction of sp³-hybridized carbons (Fsp3) is 0. The van der Waals surface area contributed by atoms with Gasteiger partial charge in [-0.25, -0.2) is 4.98 Å². The Morgan fingerprint density at radius 1 is 0.353 bits per heavy atom. The van der Waals surface area contributed by atoms with Crippen molar-refractivity contribution in [3.05, 3.63) is 164 Å². The lowest BCUT2D eigenvalue weighted by Crippen LogP contribution is -2.06. The van der Waals surface area contributed by atoms with E-state index in [4.69, 9.17) is 19.4 Å². The first-order valence-electron chi connectivity index (χ1n) is 17.0. The minimum atomic E-state index is 0.555. The maximum absolute atomic E-state index is 6.30. The summed E-state index contributed by atoms with van der Waals surface area (Å²) >= 11 is 0. The summed E-state index contributed by atoms with van der Waals surface area (Å²) in [6.45, 7) is 0. The molecule has 7 aromatic carbocycles. The Morgan fingerprint density at radius 3 is 1.45 bits per heavy atom. The normalized spacial score (nSPS) is 11.9. The van der Waals surface area contributed by atoms with E-state index in [9.17, 15) is 0 Å². The molecule has 0 aliphatic heterocycles. The molecule has 0 saturated heterocycles. The van der Waals surface area contributed by atoms with Crippen LogP contribution in [-0.2, 0) is 0 Å². The Bertz CT molecular complexity index is 3060. The van der Waals surface area contributed by atoms with Crippen molar-refractivity contribution < 1.29 is 4.42 Å². The van der Waals surface area contributed by atoms with Gasteiger partial charge in [-0.15, -0.1) is 0 Å². The molecule has 0 atom stereocenters. The summed E-state index contributed by atoms with van der Waals surface area (Å²) in [7, 11) is 0. The van der Waals surface area contributed by atoms with E-state index < -0.39 is 0 Å². The smallest absolute Gasteiger partial charge is 0.238 e. The van der Waals surface area contributed by atoms with Crippen molar-refractivity contribution in [2.45, 2.75) is 0 Å². The first-order valence-corrected chi connectivity index (χ1v) is 17.0. The number of benzene rings is 7. The first kappa shape index (κ1) is 27.9. The second-order valence-corrected chi connectivity index (χ2v) is 12.9. The molecule has 4 heterocycles. The summed E-state index contributed by atoms with van der Waals surface area (Å²) in [4.78, 5) is 15.6. The fourth-order valence-electron chi connectivity index (χ4n) is 7.71. The van der Waals surface area contributed by atoms with Gasteiger partial charge in [-0.3, -0.25) is 4.57 Å². The molecule has 0 aliphatic carbocycles. The van der Waals surface area contributed by atoms with Gasteiger partial charge in [0.25, 0.3) is 0 Å². The van der Waals surface area contributed by atoms with Crippen molar-refractivity contribution in [2.75, 3.05) is 0 Å². The van der Waals surface area contributed by atoms with Gasteiger partial charge in [-0.05, 0) is 54.6 Å². The molecule has 0 unspecified atom stereocenters. The molecule has 0 amide bonds. The van der Waals surface area contributed by atoms with E-state index >= 15 is 0 Å². The van der Waals surface area contributed by atoms with E-state index in [1.165, 1.54) is 10.8 Å². The van der Waals surface area contributed by atoms with Gasteiger partial charge in [-0.2, -0.15) is 9.97 Å². The highest BCUT2D eigenvalue weighted by molar-refractivity contribution is 6.10. The fourth-order valence-corrected chi connectivity index (χ4v) is 7.71. The SMILES string of the molecule is c1cc(-c2nc(-c3ccc4c(c3)oc3ccccc34)nc(-n3c4ccccc4c4ccccc43)n2)cc(-n2c3ccccc3c3ccccc32)c1. The van der Waals surface area contributed by atoms with Crippen LogP contribution in [0.3, 0.4) is 0 Å². The Morgan fingerprint density at radius 2 is 0.843 bits per heavy atom. The van der Waals surface area contributed by atoms with Gasteiger partial charge >= 0.3 is 0 Å². The monoisotopic (exact) mass is 653 g/mol. The molecule has 238 valence electrons. The number of nitrogens with zero attached hydrogens (tertiary/aromatic N) is 5. The van der Waals surface area contributed by atoms with E-state index in [0.29, 0.717) is 17.6 Å². The summed E-state index contributed by atoms with van der Waals surface area (Å²) in [6, 6.07) is 56.8. The lowest BCUT2D eigenvalue weighted by Gasteiger charge is -2.12. The first-order chi connectivity index (χ1) is 25.3. The molecule has 0 bridgehead atoms. The highest BCUT2D eigenvalue weighted by atomic mass is 16.3. The minimum absolute atomic E-state index is 0.555. The van der Waals surface area contributed by atoms with Gasteiger partial charge in [0.15, 0.2) is 11.6 Å².